The van der Waals surface area contributed by atoms with Gasteiger partial charge in [0.15, 0.2) is 0 Å². The number of rotatable bonds is 2. The average Bonchev–Trinajstić information content (AvgIpc) is 3.11. The molecule has 2 atom stereocenters. The Labute approximate surface area is 107 Å². The zero-order valence-corrected chi connectivity index (χ0v) is 10.6. The Bertz CT molecular complexity index is 527. The lowest BCUT2D eigenvalue weighted by Crippen LogP contribution is -1.87. The number of halogens is 1. The van der Waals surface area contributed by atoms with Crippen molar-refractivity contribution in [1.82, 2.24) is 0 Å². The molecule has 1 aliphatic rings. The van der Waals surface area contributed by atoms with Crippen LogP contribution in [0.5, 0.6) is 0 Å². The molecule has 0 N–H and O–H groups in total. The van der Waals surface area contributed by atoms with E-state index >= 15 is 0 Å². The summed E-state index contributed by atoms with van der Waals surface area (Å²) < 4.78 is 0. The van der Waals surface area contributed by atoms with Gasteiger partial charge in [-0.3, -0.25) is 0 Å². The van der Waals surface area contributed by atoms with E-state index in [9.17, 15) is 0 Å². The molecule has 1 saturated carbocycles. The van der Waals surface area contributed by atoms with Crippen LogP contribution in [0.15, 0.2) is 48.5 Å². The number of hydrogen-bond donors (Lipinski definition) is 0. The van der Waals surface area contributed by atoms with E-state index < -0.39 is 0 Å². The number of aryl methyl sites for hydroxylation is 1. The fraction of sp³-hybridized carbons (Fsp3) is 0.250. The van der Waals surface area contributed by atoms with E-state index in [1.165, 1.54) is 23.1 Å². The highest BCUT2D eigenvalue weighted by molar-refractivity contribution is 6.30. The predicted octanol–water partition coefficient (Wildman–Crippen LogP) is 4.92. The monoisotopic (exact) mass is 242 g/mol. The Kier molecular flexibility index (Phi) is 2.68. The summed E-state index contributed by atoms with van der Waals surface area (Å²) in [5.41, 5.74) is 4.34. The van der Waals surface area contributed by atoms with Crippen molar-refractivity contribution in [2.24, 2.45) is 0 Å². The first-order valence-corrected chi connectivity index (χ1v) is 6.44. The van der Waals surface area contributed by atoms with Crippen LogP contribution in [0.1, 0.15) is 34.9 Å². The van der Waals surface area contributed by atoms with Gasteiger partial charge in [0.25, 0.3) is 0 Å². The second-order valence-corrected chi connectivity index (χ2v) is 5.29. The van der Waals surface area contributed by atoms with Crippen LogP contribution in [-0.2, 0) is 0 Å². The quantitative estimate of drug-likeness (QED) is 0.701. The molecule has 86 valence electrons. The molecule has 2 aromatic carbocycles. The van der Waals surface area contributed by atoms with Gasteiger partial charge in [-0.05, 0) is 54.0 Å². The minimum absolute atomic E-state index is 0.688. The maximum absolute atomic E-state index is 5.92. The molecule has 0 amide bonds. The molecular weight excluding hydrogens is 228 g/mol. The summed E-state index contributed by atoms with van der Waals surface area (Å²) >= 11 is 5.92. The van der Waals surface area contributed by atoms with Crippen molar-refractivity contribution >= 4 is 11.6 Å². The molecule has 17 heavy (non-hydrogen) atoms. The summed E-state index contributed by atoms with van der Waals surface area (Å²) in [6, 6.07) is 17.0. The molecule has 0 heterocycles. The first-order chi connectivity index (χ1) is 8.25. The minimum Gasteiger partial charge on any atom is -0.0843 e. The highest BCUT2D eigenvalue weighted by Crippen LogP contribution is 2.55. The summed E-state index contributed by atoms with van der Waals surface area (Å²) in [4.78, 5) is 0. The van der Waals surface area contributed by atoms with Crippen LogP contribution in [0.25, 0.3) is 0 Å². The molecule has 2 aromatic rings. The van der Waals surface area contributed by atoms with E-state index in [-0.39, 0.29) is 0 Å². The van der Waals surface area contributed by atoms with Crippen molar-refractivity contribution in [1.29, 1.82) is 0 Å². The van der Waals surface area contributed by atoms with Gasteiger partial charge in [0.2, 0.25) is 0 Å². The molecule has 0 radical (unpaired) electrons. The normalized spacial score (nSPS) is 22.5. The second-order valence-electron chi connectivity index (χ2n) is 4.86. The van der Waals surface area contributed by atoms with E-state index in [1.54, 1.807) is 0 Å². The summed E-state index contributed by atoms with van der Waals surface area (Å²) in [7, 11) is 0. The molecule has 1 aliphatic carbocycles. The van der Waals surface area contributed by atoms with Crippen molar-refractivity contribution in [3.8, 4) is 0 Å². The van der Waals surface area contributed by atoms with Crippen LogP contribution < -0.4 is 0 Å². The Hall–Kier alpha value is -1.27. The Morgan fingerprint density at radius 3 is 2.35 bits per heavy atom. The van der Waals surface area contributed by atoms with Crippen LogP contribution in [0.4, 0.5) is 0 Å². The Morgan fingerprint density at radius 1 is 0.941 bits per heavy atom. The Balaban J connectivity index is 1.83. The number of hydrogen-bond acceptors (Lipinski definition) is 0. The maximum Gasteiger partial charge on any atom is 0.0406 e. The second kappa shape index (κ2) is 4.19. The van der Waals surface area contributed by atoms with Crippen molar-refractivity contribution in [3.05, 3.63) is 70.2 Å². The highest BCUT2D eigenvalue weighted by Gasteiger charge is 2.39. The fourth-order valence-electron chi connectivity index (χ4n) is 2.62. The topological polar surface area (TPSA) is 0 Å². The van der Waals surface area contributed by atoms with Crippen LogP contribution in [0.2, 0.25) is 5.02 Å². The van der Waals surface area contributed by atoms with E-state index in [2.05, 4.69) is 43.3 Å². The molecule has 0 saturated heterocycles. The molecule has 0 bridgehead atoms. The van der Waals surface area contributed by atoms with Crippen molar-refractivity contribution in [3.63, 3.8) is 0 Å². The van der Waals surface area contributed by atoms with Gasteiger partial charge in [0, 0.05) is 5.02 Å². The lowest BCUT2D eigenvalue weighted by atomic mass is 10.0. The molecule has 0 unspecified atom stereocenters. The van der Waals surface area contributed by atoms with E-state index in [4.69, 9.17) is 11.6 Å². The Morgan fingerprint density at radius 2 is 1.65 bits per heavy atom. The lowest BCUT2D eigenvalue weighted by molar-refractivity contribution is 1.01. The molecule has 0 nitrogen and oxygen atoms in total. The van der Waals surface area contributed by atoms with Crippen LogP contribution in [0.3, 0.4) is 0 Å². The molecule has 0 aromatic heterocycles. The van der Waals surface area contributed by atoms with E-state index in [0.717, 1.165) is 5.02 Å². The van der Waals surface area contributed by atoms with E-state index in [1.807, 2.05) is 12.1 Å². The molecule has 3 rings (SSSR count). The molecule has 0 aliphatic heterocycles. The first-order valence-electron chi connectivity index (χ1n) is 6.06. The van der Waals surface area contributed by atoms with Gasteiger partial charge in [-0.15, -0.1) is 0 Å². The summed E-state index contributed by atoms with van der Waals surface area (Å²) in [5, 5.41) is 0.821. The van der Waals surface area contributed by atoms with Crippen molar-refractivity contribution in [2.75, 3.05) is 0 Å². The van der Waals surface area contributed by atoms with Crippen molar-refractivity contribution in [2.45, 2.75) is 25.2 Å². The fourth-order valence-corrected chi connectivity index (χ4v) is 2.75. The third-order valence-corrected chi connectivity index (χ3v) is 3.93. The van der Waals surface area contributed by atoms with Crippen LogP contribution >= 0.6 is 11.6 Å². The van der Waals surface area contributed by atoms with Gasteiger partial charge in [-0.1, -0.05) is 48.0 Å². The summed E-state index contributed by atoms with van der Waals surface area (Å²) in [6.45, 7) is 2.20. The summed E-state index contributed by atoms with van der Waals surface area (Å²) in [6.07, 6.45) is 1.27. The van der Waals surface area contributed by atoms with Crippen molar-refractivity contribution < 1.29 is 0 Å². The van der Waals surface area contributed by atoms with Crippen LogP contribution in [-0.4, -0.2) is 0 Å². The minimum atomic E-state index is 0.688. The molecular formula is C16H15Cl. The smallest absolute Gasteiger partial charge is 0.0406 e. The van der Waals surface area contributed by atoms with Gasteiger partial charge in [-0.2, -0.15) is 0 Å². The van der Waals surface area contributed by atoms with Gasteiger partial charge in [0.05, 0.1) is 0 Å². The molecule has 1 heteroatoms. The van der Waals surface area contributed by atoms with Gasteiger partial charge < -0.3 is 0 Å². The SMILES string of the molecule is Cc1ccccc1[C@H]1C[C@H]1c1ccc(Cl)cc1. The van der Waals surface area contributed by atoms with Crippen LogP contribution in [0, 0.1) is 6.92 Å². The van der Waals surface area contributed by atoms with E-state index in [0.29, 0.717) is 11.8 Å². The number of benzene rings is 2. The van der Waals surface area contributed by atoms with Gasteiger partial charge >= 0.3 is 0 Å². The predicted molar refractivity (Wildman–Crippen MR) is 72.7 cm³/mol. The average molecular weight is 243 g/mol. The third-order valence-electron chi connectivity index (χ3n) is 3.68. The summed E-state index contributed by atoms with van der Waals surface area (Å²) in [5.74, 6) is 1.39. The standard InChI is InChI=1S/C16H15Cl/c1-11-4-2-3-5-14(11)16-10-15(16)12-6-8-13(17)9-7-12/h2-9,15-16H,10H2,1H3/t15-,16+/m0/s1. The highest BCUT2D eigenvalue weighted by atomic mass is 35.5. The van der Waals surface area contributed by atoms with Gasteiger partial charge in [0.1, 0.15) is 0 Å². The largest absolute Gasteiger partial charge is 0.0843 e. The lowest BCUT2D eigenvalue weighted by Gasteiger charge is -2.05. The molecule has 1 fully saturated rings. The molecule has 0 spiro atoms. The zero-order chi connectivity index (χ0) is 11.8. The zero-order valence-electron chi connectivity index (χ0n) is 9.86. The van der Waals surface area contributed by atoms with Gasteiger partial charge in [-0.25, -0.2) is 0 Å². The third kappa shape index (κ3) is 2.10. The maximum atomic E-state index is 5.92. The first kappa shape index (κ1) is 10.9.